The van der Waals surface area contributed by atoms with Crippen LogP contribution >= 0.6 is 0 Å². The highest BCUT2D eigenvalue weighted by molar-refractivity contribution is 7.92. The van der Waals surface area contributed by atoms with E-state index in [2.05, 4.69) is 15.2 Å². The number of hydrazone groups is 1. The molecule has 0 saturated carbocycles. The molecule has 240 valence electrons. The van der Waals surface area contributed by atoms with Gasteiger partial charge in [0.05, 0.1) is 28.0 Å². The lowest BCUT2D eigenvalue weighted by atomic mass is 10.1. The molecule has 0 spiro atoms. The summed E-state index contributed by atoms with van der Waals surface area (Å²) in [6, 6.07) is 34.1. The van der Waals surface area contributed by atoms with Crippen molar-refractivity contribution < 1.29 is 27.4 Å². The van der Waals surface area contributed by atoms with Crippen molar-refractivity contribution >= 4 is 38.6 Å². The number of fused-ring (bicyclic) bond motifs is 1. The van der Waals surface area contributed by atoms with Gasteiger partial charge in [0.25, 0.3) is 21.5 Å². The molecule has 0 atom stereocenters. The molecule has 0 radical (unpaired) electrons. The molecule has 6 rings (SSSR count). The molecule has 1 aromatic heterocycles. The van der Waals surface area contributed by atoms with E-state index in [0.29, 0.717) is 11.1 Å². The topological polar surface area (TPSA) is 139 Å². The molecule has 0 bridgehead atoms. The van der Waals surface area contributed by atoms with Gasteiger partial charge in [-0.2, -0.15) is 5.10 Å². The molecule has 0 aliphatic heterocycles. The van der Waals surface area contributed by atoms with Gasteiger partial charge in [0.1, 0.15) is 11.6 Å². The SMILES string of the molecule is O=C(COc1ccc(-c2ccccc2)cc1)N/N=C/c1c(O)n(-c2cccc(S(=O)(=O)Nc3ccccc3F)c2)c(=O)c2ccccc12. The molecule has 0 saturated heterocycles. The minimum absolute atomic E-state index is 0.0185. The summed E-state index contributed by atoms with van der Waals surface area (Å²) < 4.78 is 49.1. The van der Waals surface area contributed by atoms with Gasteiger partial charge in [0.15, 0.2) is 6.61 Å². The lowest BCUT2D eigenvalue weighted by Crippen LogP contribution is -2.25. The van der Waals surface area contributed by atoms with Crippen molar-refractivity contribution in [3.05, 3.63) is 149 Å². The molecule has 48 heavy (non-hydrogen) atoms. The molecule has 6 aromatic rings. The van der Waals surface area contributed by atoms with Crippen LogP contribution in [0, 0.1) is 5.82 Å². The number of halogens is 1. The van der Waals surface area contributed by atoms with Gasteiger partial charge >= 0.3 is 0 Å². The number of hydrogen-bond acceptors (Lipinski definition) is 7. The summed E-state index contributed by atoms with van der Waals surface area (Å²) in [5.41, 5.74) is 3.62. The van der Waals surface area contributed by atoms with E-state index < -0.39 is 33.2 Å². The number of nitrogens with zero attached hydrogens (tertiary/aromatic N) is 2. The Kier molecular flexibility index (Phi) is 8.99. The Bertz CT molecular complexity index is 2330. The lowest BCUT2D eigenvalue weighted by Gasteiger charge is -2.15. The van der Waals surface area contributed by atoms with Gasteiger partial charge in [-0.15, -0.1) is 0 Å². The number of anilines is 1. The number of nitrogens with one attached hydrogen (secondary N) is 2. The molecule has 0 aliphatic rings. The van der Waals surface area contributed by atoms with E-state index in [1.54, 1.807) is 36.4 Å². The van der Waals surface area contributed by atoms with Crippen molar-refractivity contribution in [3.8, 4) is 28.4 Å². The molecule has 1 amide bonds. The van der Waals surface area contributed by atoms with Gasteiger partial charge in [0, 0.05) is 10.8 Å². The zero-order chi connectivity index (χ0) is 33.7. The average molecular weight is 663 g/mol. The highest BCUT2D eigenvalue weighted by Crippen LogP contribution is 2.28. The number of aromatic nitrogens is 1. The van der Waals surface area contributed by atoms with Gasteiger partial charge in [-0.05, 0) is 59.7 Å². The average Bonchev–Trinajstić information content (AvgIpc) is 3.10. The number of benzene rings is 5. The van der Waals surface area contributed by atoms with Gasteiger partial charge in [-0.1, -0.05) is 78.9 Å². The Morgan fingerprint density at radius 1 is 0.833 bits per heavy atom. The lowest BCUT2D eigenvalue weighted by molar-refractivity contribution is -0.123. The first kappa shape index (κ1) is 31.7. The van der Waals surface area contributed by atoms with Gasteiger partial charge in [-0.3, -0.25) is 14.3 Å². The van der Waals surface area contributed by atoms with Crippen LogP contribution in [0.5, 0.6) is 11.6 Å². The van der Waals surface area contributed by atoms with Crippen LogP contribution in [0.4, 0.5) is 10.1 Å². The number of amides is 1. The van der Waals surface area contributed by atoms with Crippen LogP contribution in [0.25, 0.3) is 27.6 Å². The standard InChI is InChI=1S/C36H27FN4O6S/c37-32-15-6-7-16-33(32)40-48(45,46)28-12-8-11-26(21-28)41-35(43)30-14-5-4-13-29(30)31(36(41)44)22-38-39-34(42)23-47-27-19-17-25(18-20-27)24-9-2-1-3-10-24/h1-22,40,44H,23H2,(H,39,42)/b38-22+. The van der Waals surface area contributed by atoms with E-state index in [1.807, 2.05) is 42.5 Å². The fourth-order valence-corrected chi connectivity index (χ4v) is 6.10. The number of para-hydroxylation sites is 1. The fraction of sp³-hybridized carbons (Fsp3) is 0.0278. The molecular formula is C36H27FN4O6S. The highest BCUT2D eigenvalue weighted by Gasteiger charge is 2.20. The first-order chi connectivity index (χ1) is 23.2. The van der Waals surface area contributed by atoms with Gasteiger partial charge in [-0.25, -0.2) is 22.8 Å². The minimum atomic E-state index is -4.28. The minimum Gasteiger partial charge on any atom is -0.494 e. The van der Waals surface area contributed by atoms with Crippen molar-refractivity contribution in [2.45, 2.75) is 4.90 Å². The molecular weight excluding hydrogens is 635 g/mol. The number of pyridine rings is 1. The van der Waals surface area contributed by atoms with Crippen molar-refractivity contribution in [2.24, 2.45) is 5.10 Å². The maximum absolute atomic E-state index is 14.2. The van der Waals surface area contributed by atoms with Crippen LogP contribution < -0.4 is 20.4 Å². The third-order valence-electron chi connectivity index (χ3n) is 7.32. The second kappa shape index (κ2) is 13.6. The molecule has 3 N–H and O–H groups in total. The molecule has 0 unspecified atom stereocenters. The van der Waals surface area contributed by atoms with Crippen LogP contribution in [-0.2, 0) is 14.8 Å². The summed E-state index contributed by atoms with van der Waals surface area (Å²) in [7, 11) is -4.28. The van der Waals surface area contributed by atoms with Crippen molar-refractivity contribution in [2.75, 3.05) is 11.3 Å². The largest absolute Gasteiger partial charge is 0.494 e. The Hall–Kier alpha value is -6.27. The molecule has 12 heteroatoms. The Morgan fingerprint density at radius 3 is 2.25 bits per heavy atom. The number of hydrogen-bond donors (Lipinski definition) is 3. The van der Waals surface area contributed by atoms with Crippen LogP contribution in [0.3, 0.4) is 0 Å². The predicted molar refractivity (Wildman–Crippen MR) is 182 cm³/mol. The molecule has 0 aliphatic carbocycles. The summed E-state index contributed by atoms with van der Waals surface area (Å²) in [6.07, 6.45) is 1.18. The molecule has 5 aromatic carbocycles. The first-order valence-electron chi connectivity index (χ1n) is 14.6. The van der Waals surface area contributed by atoms with Crippen molar-refractivity contribution in [1.82, 2.24) is 9.99 Å². The summed E-state index contributed by atoms with van der Waals surface area (Å²) in [5, 5.41) is 15.8. The number of rotatable bonds is 10. The zero-order valence-corrected chi connectivity index (χ0v) is 25.9. The van der Waals surface area contributed by atoms with E-state index in [0.717, 1.165) is 21.8 Å². The number of carbonyl (C=O) groups is 1. The third-order valence-corrected chi connectivity index (χ3v) is 8.69. The fourth-order valence-electron chi connectivity index (χ4n) is 4.99. The Morgan fingerprint density at radius 2 is 1.50 bits per heavy atom. The van der Waals surface area contributed by atoms with E-state index in [1.165, 1.54) is 48.7 Å². The van der Waals surface area contributed by atoms with E-state index in [-0.39, 0.29) is 33.8 Å². The van der Waals surface area contributed by atoms with Gasteiger partial charge < -0.3 is 9.84 Å². The second-order valence-electron chi connectivity index (χ2n) is 10.5. The third kappa shape index (κ3) is 6.78. The number of ether oxygens (including phenoxy) is 1. The van der Waals surface area contributed by atoms with Crippen molar-refractivity contribution in [1.29, 1.82) is 0 Å². The van der Waals surface area contributed by atoms with E-state index in [9.17, 15) is 27.5 Å². The second-order valence-corrected chi connectivity index (χ2v) is 12.2. The van der Waals surface area contributed by atoms with Crippen LogP contribution in [0.1, 0.15) is 5.56 Å². The number of aromatic hydroxyl groups is 1. The molecule has 0 fully saturated rings. The highest BCUT2D eigenvalue weighted by atomic mass is 32.2. The summed E-state index contributed by atoms with van der Waals surface area (Å²) in [6.45, 7) is -0.337. The van der Waals surface area contributed by atoms with Crippen molar-refractivity contribution in [3.63, 3.8) is 0 Å². The summed E-state index contributed by atoms with van der Waals surface area (Å²) in [4.78, 5) is 25.8. The van der Waals surface area contributed by atoms with Crippen LogP contribution in [0.2, 0.25) is 0 Å². The quantitative estimate of drug-likeness (QED) is 0.125. The van der Waals surface area contributed by atoms with E-state index >= 15 is 0 Å². The summed E-state index contributed by atoms with van der Waals surface area (Å²) >= 11 is 0. The maximum atomic E-state index is 14.2. The monoisotopic (exact) mass is 662 g/mol. The Labute approximate surface area is 274 Å². The van der Waals surface area contributed by atoms with Crippen LogP contribution in [-0.4, -0.2) is 36.8 Å². The Balaban J connectivity index is 1.23. The summed E-state index contributed by atoms with van der Waals surface area (Å²) in [5.74, 6) is -1.41. The molecule has 1 heterocycles. The maximum Gasteiger partial charge on any atom is 0.277 e. The van der Waals surface area contributed by atoms with Crippen LogP contribution in [0.15, 0.2) is 142 Å². The first-order valence-corrected chi connectivity index (χ1v) is 16.0. The number of carbonyl (C=O) groups excluding carboxylic acids is 1. The smallest absolute Gasteiger partial charge is 0.277 e. The predicted octanol–water partition coefficient (Wildman–Crippen LogP) is 5.83. The zero-order valence-electron chi connectivity index (χ0n) is 25.1. The number of sulfonamides is 1. The molecule has 10 nitrogen and oxygen atoms in total. The normalized spacial score (nSPS) is 11.4. The van der Waals surface area contributed by atoms with E-state index in [4.69, 9.17) is 4.74 Å². The van der Waals surface area contributed by atoms with Gasteiger partial charge in [0.2, 0.25) is 5.88 Å².